The van der Waals surface area contributed by atoms with E-state index in [1.165, 1.54) is 0 Å². The quantitative estimate of drug-likeness (QED) is 0.324. The fourth-order valence-electron chi connectivity index (χ4n) is 1.46. The Balaban J connectivity index is -0.0000000645. The molecular weight excluding hydrogens is 354 g/mol. The number of rotatable bonds is 11. The fraction of sp³-hybridized carbons (Fsp3) is 0.600. The van der Waals surface area contributed by atoms with Crippen molar-refractivity contribution in [1.82, 2.24) is 9.80 Å². The first-order valence-electron chi connectivity index (χ1n) is 5.48. The number of aliphatic carboxylic acids is 4. The van der Waals surface area contributed by atoms with Gasteiger partial charge in [0.15, 0.2) is 0 Å². The van der Waals surface area contributed by atoms with Crippen LogP contribution in [0, 0.1) is 0 Å². The Morgan fingerprint density at radius 1 is 0.750 bits per heavy atom. The Kier molecular flexibility index (Phi) is 27.7. The van der Waals surface area contributed by atoms with Crippen LogP contribution in [0.2, 0.25) is 0 Å². The molecule has 134 valence electrons. The molecule has 0 unspecified atom stereocenters. The van der Waals surface area contributed by atoms with Crippen molar-refractivity contribution in [2.75, 3.05) is 39.3 Å². The van der Waals surface area contributed by atoms with Gasteiger partial charge < -0.3 is 43.8 Å². The van der Waals surface area contributed by atoms with Gasteiger partial charge in [-0.3, -0.25) is 19.4 Å². The van der Waals surface area contributed by atoms with E-state index in [0.717, 1.165) is 9.80 Å². The van der Waals surface area contributed by atoms with Crippen molar-refractivity contribution < 1.29 is 115 Å². The Morgan fingerprint density at radius 3 is 1.21 bits per heavy atom. The summed E-state index contributed by atoms with van der Waals surface area (Å²) in [7, 11) is 0. The number of carbonyl (C=O) groups excluding carboxylic acids is 2. The molecule has 0 radical (unpaired) electrons. The molecule has 0 aliphatic heterocycles. The largest absolute Gasteiger partial charge is 1.00 e. The maximum atomic E-state index is 10.5. The van der Waals surface area contributed by atoms with Crippen LogP contribution in [0.3, 0.4) is 0 Å². The van der Waals surface area contributed by atoms with Crippen LogP contribution in [-0.4, -0.2) is 94.1 Å². The Labute approximate surface area is 187 Å². The van der Waals surface area contributed by atoms with E-state index in [4.69, 9.17) is 10.2 Å². The predicted molar refractivity (Wildman–Crippen MR) is 69.8 cm³/mol. The molecular formula is C10H22N2Na2O10. The Bertz CT molecular complexity index is 344. The smallest absolute Gasteiger partial charge is 1.00 e. The van der Waals surface area contributed by atoms with Crippen LogP contribution < -0.4 is 69.3 Å². The van der Waals surface area contributed by atoms with Gasteiger partial charge in [0.2, 0.25) is 0 Å². The van der Waals surface area contributed by atoms with E-state index in [1.807, 2.05) is 0 Å². The average Bonchev–Trinajstić information content (AvgIpc) is 2.22. The second-order valence-corrected chi connectivity index (χ2v) is 3.95. The normalized spacial score (nSPS) is 8.92. The van der Waals surface area contributed by atoms with E-state index in [2.05, 4.69) is 0 Å². The van der Waals surface area contributed by atoms with Gasteiger partial charge in [-0.2, -0.15) is 0 Å². The van der Waals surface area contributed by atoms with Crippen LogP contribution in [0.5, 0.6) is 0 Å². The molecule has 0 amide bonds. The van der Waals surface area contributed by atoms with E-state index in [1.54, 1.807) is 0 Å². The first kappa shape index (κ1) is 34.9. The zero-order valence-corrected chi connectivity index (χ0v) is 17.5. The van der Waals surface area contributed by atoms with Crippen LogP contribution in [0.1, 0.15) is 5.71 Å². The molecule has 0 aromatic rings. The first-order valence-corrected chi connectivity index (χ1v) is 5.48. The van der Waals surface area contributed by atoms with Crippen LogP contribution in [0.4, 0.5) is 0 Å². The zero-order chi connectivity index (χ0) is 15.7. The summed E-state index contributed by atoms with van der Waals surface area (Å²) in [6.45, 7) is -2.75. The molecule has 0 spiro atoms. The first-order chi connectivity index (χ1) is 9.20. The molecule has 0 aromatic heterocycles. The standard InChI is InChI=1S/C10H16N2O8.2Na.2H2O.2H/c13-7(14)3-11(4-8(15)16)1-2-12(5-9(17)18)6-10(19)20;;;;;;/h1-6H2,(H,13,14)(H,15,16)(H,17,18)(H,19,20);;;2*1H2;;/q;2*+1;;;2*-1. The van der Waals surface area contributed by atoms with E-state index in [0.29, 0.717) is 0 Å². The minimum atomic E-state index is -1.51. The van der Waals surface area contributed by atoms with Crippen molar-refractivity contribution in [3.8, 4) is 0 Å². The molecule has 0 aromatic carbocycles. The molecule has 6 N–H and O–H groups in total. The molecule has 0 bridgehead atoms. The van der Waals surface area contributed by atoms with Gasteiger partial charge in [0.05, 0.1) is 25.0 Å². The van der Waals surface area contributed by atoms with Gasteiger partial charge in [-0.25, -0.2) is 0 Å². The third-order valence-electron chi connectivity index (χ3n) is 2.16. The van der Waals surface area contributed by atoms with Gasteiger partial charge in [0.25, 0.3) is 0 Å². The minimum Gasteiger partial charge on any atom is -1.00 e. The van der Waals surface area contributed by atoms with E-state index < -0.39 is 50.1 Å². The van der Waals surface area contributed by atoms with Crippen molar-refractivity contribution >= 4 is 23.9 Å². The maximum absolute atomic E-state index is 10.5. The third-order valence-corrected chi connectivity index (χ3v) is 2.16. The van der Waals surface area contributed by atoms with Crippen molar-refractivity contribution in [1.29, 1.82) is 0 Å². The number of nitrogens with zero attached hydrogens (tertiary/aromatic N) is 2. The van der Waals surface area contributed by atoms with Gasteiger partial charge in [0.1, 0.15) is 0 Å². The number of hydrogen-bond acceptors (Lipinski definition) is 8. The van der Waals surface area contributed by atoms with Crippen molar-refractivity contribution in [3.63, 3.8) is 0 Å². The summed E-state index contributed by atoms with van der Waals surface area (Å²) in [6, 6.07) is 0. The average molecular weight is 376 g/mol. The van der Waals surface area contributed by atoms with Gasteiger partial charge in [-0.05, 0) is 0 Å². The number of carboxylic acid groups (broad SMARTS) is 4. The molecule has 0 saturated heterocycles. The number of hydrogen-bond donors (Lipinski definition) is 2. The molecule has 0 atom stereocenters. The van der Waals surface area contributed by atoms with Crippen LogP contribution in [0.15, 0.2) is 0 Å². The van der Waals surface area contributed by atoms with Crippen LogP contribution in [-0.2, 0) is 19.2 Å². The summed E-state index contributed by atoms with van der Waals surface area (Å²) in [5.41, 5.74) is 0. The maximum Gasteiger partial charge on any atom is 1.00 e. The molecule has 0 rings (SSSR count). The summed E-state index contributed by atoms with van der Waals surface area (Å²) >= 11 is 0. The van der Waals surface area contributed by atoms with Gasteiger partial charge in [-0.1, -0.05) is 0 Å². The van der Waals surface area contributed by atoms with Gasteiger partial charge >= 0.3 is 73.9 Å². The minimum absolute atomic E-state index is 0. The Morgan fingerprint density at radius 2 is 1.00 bits per heavy atom. The second kappa shape index (κ2) is 19.1. The third kappa shape index (κ3) is 21.7. The molecule has 0 saturated carbocycles. The topological polar surface area (TPSA) is 224 Å². The molecule has 0 aliphatic carbocycles. The molecule has 0 fully saturated rings. The molecule has 0 aliphatic rings. The molecule has 0 heterocycles. The number of carbonyl (C=O) groups is 4. The molecule has 24 heavy (non-hydrogen) atoms. The predicted octanol–water partition coefficient (Wildman–Crippen LogP) is -11.9. The molecule has 12 nitrogen and oxygen atoms in total. The van der Waals surface area contributed by atoms with Crippen molar-refractivity contribution in [3.05, 3.63) is 0 Å². The fourth-order valence-corrected chi connectivity index (χ4v) is 1.46. The zero-order valence-electron chi connectivity index (χ0n) is 17.5. The van der Waals surface area contributed by atoms with Crippen LogP contribution in [0.25, 0.3) is 0 Å². The van der Waals surface area contributed by atoms with Gasteiger partial charge in [0, 0.05) is 26.2 Å². The van der Waals surface area contributed by atoms with E-state index in [-0.39, 0.29) is 88.9 Å². The summed E-state index contributed by atoms with van der Waals surface area (Å²) in [4.78, 5) is 43.9. The summed E-state index contributed by atoms with van der Waals surface area (Å²) in [5.74, 6) is -5.52. The van der Waals surface area contributed by atoms with Crippen LogP contribution >= 0.6 is 0 Å². The summed E-state index contributed by atoms with van der Waals surface area (Å²) < 4.78 is 0. The van der Waals surface area contributed by atoms with Crippen molar-refractivity contribution in [2.24, 2.45) is 0 Å². The molecule has 14 heteroatoms. The van der Waals surface area contributed by atoms with Crippen molar-refractivity contribution in [2.45, 2.75) is 0 Å². The SMILES string of the molecule is O.O.O=C([O-])CN(CCN(CC(=O)O)CC(=O)O)CC(=O)[O-].[H+].[H+].[H-].[H-].[Na+].[Na+]. The summed E-state index contributed by atoms with van der Waals surface area (Å²) in [5, 5.41) is 38.0. The Hall–Kier alpha value is -0.280. The second-order valence-electron chi connectivity index (χ2n) is 3.95. The van der Waals surface area contributed by atoms with E-state index in [9.17, 15) is 29.4 Å². The number of carboxylic acids is 4. The van der Waals surface area contributed by atoms with Gasteiger partial charge in [-0.15, -0.1) is 0 Å². The summed E-state index contributed by atoms with van der Waals surface area (Å²) in [6.07, 6.45) is 0. The monoisotopic (exact) mass is 376 g/mol. The van der Waals surface area contributed by atoms with E-state index >= 15 is 0 Å².